The summed E-state index contributed by atoms with van der Waals surface area (Å²) in [5.41, 5.74) is 3.24. The van der Waals surface area contributed by atoms with Gasteiger partial charge in [-0.25, -0.2) is 10.3 Å². The Bertz CT molecular complexity index is 658. The van der Waals surface area contributed by atoms with E-state index in [2.05, 4.69) is 5.32 Å². The summed E-state index contributed by atoms with van der Waals surface area (Å²) in [6, 6.07) is 14.6. The molecule has 0 saturated carbocycles. The van der Waals surface area contributed by atoms with Crippen LogP contribution in [0.1, 0.15) is 27.5 Å². The summed E-state index contributed by atoms with van der Waals surface area (Å²) in [7, 11) is 0. The molecule has 0 bridgehead atoms. The molecule has 0 heterocycles. The van der Waals surface area contributed by atoms with Crippen molar-refractivity contribution in [2.75, 3.05) is 0 Å². The molecule has 0 aliphatic heterocycles. The van der Waals surface area contributed by atoms with Gasteiger partial charge in [-0.3, -0.25) is 15.3 Å². The lowest BCUT2D eigenvalue weighted by molar-refractivity contribution is -0.131. The third-order valence-electron chi connectivity index (χ3n) is 3.19. The fourth-order valence-corrected chi connectivity index (χ4v) is 2.11. The van der Waals surface area contributed by atoms with Gasteiger partial charge >= 0.3 is 5.97 Å². The van der Waals surface area contributed by atoms with E-state index in [9.17, 15) is 9.59 Å². The number of benzene rings is 2. The van der Waals surface area contributed by atoms with E-state index in [1.54, 1.807) is 41.9 Å². The van der Waals surface area contributed by atoms with E-state index in [1.165, 1.54) is 12.1 Å². The van der Waals surface area contributed by atoms with E-state index >= 15 is 0 Å². The largest absolute Gasteiger partial charge is 0.478 e. The maximum absolute atomic E-state index is 11.8. The molecular formula is C16H16N2O4. The minimum Gasteiger partial charge on any atom is -0.478 e. The Balaban J connectivity index is 2.13. The van der Waals surface area contributed by atoms with Gasteiger partial charge in [-0.15, -0.1) is 0 Å². The monoisotopic (exact) mass is 300 g/mol. The molecule has 4 N–H and O–H groups in total. The number of hydrogen-bond acceptors (Lipinski definition) is 4. The fourth-order valence-electron chi connectivity index (χ4n) is 2.11. The van der Waals surface area contributed by atoms with E-state index in [0.29, 0.717) is 5.56 Å². The molecule has 2 aromatic rings. The summed E-state index contributed by atoms with van der Waals surface area (Å²) in [6.07, 6.45) is 0. The summed E-state index contributed by atoms with van der Waals surface area (Å²) >= 11 is 0. The van der Waals surface area contributed by atoms with Crippen LogP contribution >= 0.6 is 0 Å². The second-order valence-corrected chi connectivity index (χ2v) is 4.71. The number of aromatic carboxylic acids is 1. The topological polar surface area (TPSA) is 98.7 Å². The van der Waals surface area contributed by atoms with Crippen LogP contribution in [0.3, 0.4) is 0 Å². The molecule has 22 heavy (non-hydrogen) atoms. The third-order valence-corrected chi connectivity index (χ3v) is 3.19. The zero-order chi connectivity index (χ0) is 15.9. The molecule has 2 rings (SSSR count). The smallest absolute Gasteiger partial charge is 0.335 e. The highest BCUT2D eigenvalue weighted by molar-refractivity contribution is 5.87. The average Bonchev–Trinajstić information content (AvgIpc) is 2.56. The second-order valence-electron chi connectivity index (χ2n) is 4.71. The second kappa shape index (κ2) is 7.35. The Kier molecular flexibility index (Phi) is 5.24. The minimum atomic E-state index is -1.01. The Labute approximate surface area is 127 Å². The van der Waals surface area contributed by atoms with Crippen LogP contribution in [-0.2, 0) is 11.3 Å². The van der Waals surface area contributed by atoms with Gasteiger partial charge in [-0.1, -0.05) is 42.5 Å². The van der Waals surface area contributed by atoms with Gasteiger partial charge in [0.25, 0.3) is 5.91 Å². The van der Waals surface area contributed by atoms with Gasteiger partial charge in [0.2, 0.25) is 0 Å². The van der Waals surface area contributed by atoms with E-state index in [4.69, 9.17) is 10.3 Å². The van der Waals surface area contributed by atoms with Crippen LogP contribution in [0, 0.1) is 0 Å². The first-order chi connectivity index (χ1) is 10.6. The normalized spacial score (nSPS) is 11.7. The summed E-state index contributed by atoms with van der Waals surface area (Å²) in [5.74, 6) is -1.59. The number of carbonyl (C=O) groups excluding carboxylic acids is 1. The Morgan fingerprint density at radius 3 is 2.41 bits per heavy atom. The van der Waals surface area contributed by atoms with Gasteiger partial charge in [0, 0.05) is 6.54 Å². The summed E-state index contributed by atoms with van der Waals surface area (Å²) < 4.78 is 0. The number of hydrogen-bond donors (Lipinski definition) is 4. The minimum absolute atomic E-state index is 0.183. The highest BCUT2D eigenvalue weighted by atomic mass is 16.5. The van der Waals surface area contributed by atoms with Gasteiger partial charge in [-0.05, 0) is 23.3 Å². The van der Waals surface area contributed by atoms with Gasteiger partial charge in [0.1, 0.15) is 6.04 Å². The van der Waals surface area contributed by atoms with Crippen LogP contribution in [0.2, 0.25) is 0 Å². The lowest BCUT2D eigenvalue weighted by atomic mass is 10.1. The fraction of sp³-hybridized carbons (Fsp3) is 0.125. The lowest BCUT2D eigenvalue weighted by Gasteiger charge is -2.17. The number of carbonyl (C=O) groups is 2. The summed E-state index contributed by atoms with van der Waals surface area (Å²) in [4.78, 5) is 22.7. The molecule has 2 aromatic carbocycles. The van der Waals surface area contributed by atoms with Crippen LogP contribution in [0.4, 0.5) is 0 Å². The molecular weight excluding hydrogens is 284 g/mol. The number of hydroxylamine groups is 1. The molecule has 0 aromatic heterocycles. The number of amides is 1. The highest BCUT2D eigenvalue weighted by Gasteiger charge is 2.19. The zero-order valence-corrected chi connectivity index (χ0v) is 11.7. The van der Waals surface area contributed by atoms with Crippen LogP contribution in [0.15, 0.2) is 54.6 Å². The van der Waals surface area contributed by atoms with E-state index < -0.39 is 17.9 Å². The number of carboxylic acid groups (broad SMARTS) is 1. The number of carboxylic acids is 1. The molecule has 114 valence electrons. The molecule has 0 aliphatic rings. The molecule has 0 saturated heterocycles. The quantitative estimate of drug-likeness (QED) is 0.481. The molecule has 1 atom stereocenters. The van der Waals surface area contributed by atoms with Crippen molar-refractivity contribution >= 4 is 11.9 Å². The van der Waals surface area contributed by atoms with Gasteiger partial charge in [0.05, 0.1) is 5.56 Å². The Hall–Kier alpha value is -2.70. The van der Waals surface area contributed by atoms with Crippen LogP contribution in [0.25, 0.3) is 0 Å². The molecule has 6 nitrogen and oxygen atoms in total. The van der Waals surface area contributed by atoms with Crippen molar-refractivity contribution < 1.29 is 19.9 Å². The first-order valence-corrected chi connectivity index (χ1v) is 6.66. The predicted molar refractivity (Wildman–Crippen MR) is 79.4 cm³/mol. The predicted octanol–water partition coefficient (Wildman–Crippen LogP) is 1.72. The highest BCUT2D eigenvalue weighted by Crippen LogP contribution is 2.14. The van der Waals surface area contributed by atoms with Crippen molar-refractivity contribution in [1.82, 2.24) is 10.8 Å². The van der Waals surface area contributed by atoms with Crippen molar-refractivity contribution in [3.63, 3.8) is 0 Å². The molecule has 0 spiro atoms. The molecule has 0 fully saturated rings. The van der Waals surface area contributed by atoms with E-state index in [1.807, 2.05) is 6.07 Å². The van der Waals surface area contributed by atoms with Crippen molar-refractivity contribution in [3.05, 3.63) is 71.3 Å². The molecule has 1 unspecified atom stereocenters. The van der Waals surface area contributed by atoms with Crippen molar-refractivity contribution in [3.8, 4) is 0 Å². The third kappa shape index (κ3) is 3.91. The first kappa shape index (κ1) is 15.7. The summed E-state index contributed by atoms with van der Waals surface area (Å²) in [6.45, 7) is 0.286. The molecule has 0 aliphatic carbocycles. The maximum Gasteiger partial charge on any atom is 0.335 e. The van der Waals surface area contributed by atoms with Gasteiger partial charge in [0.15, 0.2) is 0 Å². The van der Waals surface area contributed by atoms with Crippen LogP contribution < -0.4 is 10.8 Å². The van der Waals surface area contributed by atoms with Gasteiger partial charge in [-0.2, -0.15) is 0 Å². The SMILES string of the molecule is O=C(O)c1cccc(CNC(C(=O)NO)c2ccccc2)c1. The lowest BCUT2D eigenvalue weighted by Crippen LogP contribution is -2.35. The Morgan fingerprint density at radius 1 is 1.05 bits per heavy atom. The zero-order valence-electron chi connectivity index (χ0n) is 11.7. The van der Waals surface area contributed by atoms with Crippen molar-refractivity contribution in [2.45, 2.75) is 12.6 Å². The van der Waals surface area contributed by atoms with E-state index in [0.717, 1.165) is 5.56 Å². The average molecular weight is 300 g/mol. The number of rotatable bonds is 6. The molecule has 0 radical (unpaired) electrons. The standard InChI is InChI=1S/C16H16N2O4/c19-15(18-22)14(12-6-2-1-3-7-12)17-10-11-5-4-8-13(9-11)16(20)21/h1-9,14,17,22H,10H2,(H,18,19)(H,20,21). The number of nitrogens with one attached hydrogen (secondary N) is 2. The van der Waals surface area contributed by atoms with Crippen molar-refractivity contribution in [1.29, 1.82) is 0 Å². The van der Waals surface area contributed by atoms with Crippen LogP contribution in [0.5, 0.6) is 0 Å². The summed E-state index contributed by atoms with van der Waals surface area (Å²) in [5, 5.41) is 20.8. The Morgan fingerprint density at radius 2 is 1.77 bits per heavy atom. The first-order valence-electron chi connectivity index (χ1n) is 6.66. The maximum atomic E-state index is 11.8. The van der Waals surface area contributed by atoms with Crippen LogP contribution in [-0.4, -0.2) is 22.2 Å². The van der Waals surface area contributed by atoms with Crippen molar-refractivity contribution in [2.24, 2.45) is 0 Å². The molecule has 6 heteroatoms. The van der Waals surface area contributed by atoms with E-state index in [-0.39, 0.29) is 12.1 Å². The van der Waals surface area contributed by atoms with Gasteiger partial charge < -0.3 is 5.11 Å². The molecule has 1 amide bonds.